The SMILES string of the molecule is CC1CCC(CCNC2CCN3CCC2C3)CC1. The van der Waals surface area contributed by atoms with Gasteiger partial charge in [0, 0.05) is 12.6 Å². The van der Waals surface area contributed by atoms with Gasteiger partial charge in [-0.1, -0.05) is 32.6 Å². The third-order valence-corrected chi connectivity index (χ3v) is 5.73. The highest BCUT2D eigenvalue weighted by Crippen LogP contribution is 2.31. The zero-order chi connectivity index (χ0) is 12.4. The summed E-state index contributed by atoms with van der Waals surface area (Å²) in [5.41, 5.74) is 0. The van der Waals surface area contributed by atoms with Crippen LogP contribution in [0.15, 0.2) is 0 Å². The molecule has 2 heteroatoms. The molecular formula is C16H30N2. The molecule has 1 aliphatic carbocycles. The molecule has 18 heavy (non-hydrogen) atoms. The molecule has 1 N–H and O–H groups in total. The van der Waals surface area contributed by atoms with Crippen molar-refractivity contribution in [2.24, 2.45) is 17.8 Å². The summed E-state index contributed by atoms with van der Waals surface area (Å²) in [5.74, 6) is 2.99. The molecule has 0 aromatic rings. The van der Waals surface area contributed by atoms with Crippen LogP contribution in [0.5, 0.6) is 0 Å². The van der Waals surface area contributed by atoms with Gasteiger partial charge in [0.1, 0.15) is 0 Å². The number of hydrogen-bond donors (Lipinski definition) is 1. The Bertz CT molecular complexity index is 258. The molecule has 104 valence electrons. The lowest BCUT2D eigenvalue weighted by Crippen LogP contribution is -2.44. The first kappa shape index (κ1) is 12.9. The maximum atomic E-state index is 3.88. The van der Waals surface area contributed by atoms with Crippen LogP contribution in [0.3, 0.4) is 0 Å². The first-order valence-corrected chi connectivity index (χ1v) is 8.27. The molecule has 0 radical (unpaired) electrons. The van der Waals surface area contributed by atoms with Crippen molar-refractivity contribution < 1.29 is 0 Å². The van der Waals surface area contributed by atoms with Crippen molar-refractivity contribution in [2.45, 2.75) is 57.9 Å². The first-order valence-electron chi connectivity index (χ1n) is 8.27. The van der Waals surface area contributed by atoms with Crippen LogP contribution in [-0.4, -0.2) is 37.1 Å². The van der Waals surface area contributed by atoms with Crippen LogP contribution < -0.4 is 5.32 Å². The first-order chi connectivity index (χ1) is 8.81. The Morgan fingerprint density at radius 3 is 2.61 bits per heavy atom. The van der Waals surface area contributed by atoms with Crippen molar-refractivity contribution in [1.29, 1.82) is 0 Å². The van der Waals surface area contributed by atoms with E-state index in [1.165, 1.54) is 71.1 Å². The van der Waals surface area contributed by atoms with E-state index in [-0.39, 0.29) is 0 Å². The van der Waals surface area contributed by atoms with Crippen LogP contribution >= 0.6 is 0 Å². The average Bonchev–Trinajstić information content (AvgIpc) is 2.77. The van der Waals surface area contributed by atoms with Gasteiger partial charge < -0.3 is 10.2 Å². The number of piperidine rings is 1. The fourth-order valence-corrected chi connectivity index (χ4v) is 4.31. The summed E-state index contributed by atoms with van der Waals surface area (Å²) >= 11 is 0. The third kappa shape index (κ3) is 3.08. The van der Waals surface area contributed by atoms with E-state index >= 15 is 0 Å². The molecular weight excluding hydrogens is 220 g/mol. The van der Waals surface area contributed by atoms with E-state index in [1.54, 1.807) is 0 Å². The monoisotopic (exact) mass is 250 g/mol. The smallest absolute Gasteiger partial charge is 0.0120 e. The third-order valence-electron chi connectivity index (χ3n) is 5.73. The Morgan fingerprint density at radius 1 is 1.00 bits per heavy atom. The highest BCUT2D eigenvalue weighted by molar-refractivity contribution is 4.90. The van der Waals surface area contributed by atoms with Crippen molar-refractivity contribution in [3.05, 3.63) is 0 Å². The van der Waals surface area contributed by atoms with Gasteiger partial charge >= 0.3 is 0 Å². The van der Waals surface area contributed by atoms with Gasteiger partial charge in [0.15, 0.2) is 0 Å². The number of nitrogens with one attached hydrogen (secondary N) is 1. The normalized spacial score (nSPS) is 44.2. The van der Waals surface area contributed by atoms with E-state index < -0.39 is 0 Å². The van der Waals surface area contributed by atoms with Crippen molar-refractivity contribution in [3.63, 3.8) is 0 Å². The topological polar surface area (TPSA) is 15.3 Å². The molecule has 3 rings (SSSR count). The van der Waals surface area contributed by atoms with Gasteiger partial charge in [-0.3, -0.25) is 0 Å². The average molecular weight is 250 g/mol. The van der Waals surface area contributed by atoms with Crippen LogP contribution in [0.2, 0.25) is 0 Å². The Labute approximate surface area is 113 Å². The molecule has 3 unspecified atom stereocenters. The summed E-state index contributed by atoms with van der Waals surface area (Å²) in [5, 5.41) is 3.88. The van der Waals surface area contributed by atoms with Gasteiger partial charge in [-0.25, -0.2) is 0 Å². The minimum Gasteiger partial charge on any atom is -0.314 e. The van der Waals surface area contributed by atoms with E-state index in [1.807, 2.05) is 0 Å². The largest absolute Gasteiger partial charge is 0.314 e. The molecule has 2 saturated heterocycles. The summed E-state index contributed by atoms with van der Waals surface area (Å²) in [6.07, 6.45) is 10.2. The second kappa shape index (κ2) is 5.92. The highest BCUT2D eigenvalue weighted by Gasteiger charge is 2.33. The second-order valence-electron chi connectivity index (χ2n) is 7.11. The lowest BCUT2D eigenvalue weighted by Gasteiger charge is -2.32. The predicted octanol–water partition coefficient (Wildman–Crippen LogP) is 2.89. The number of fused-ring (bicyclic) bond motifs is 2. The van der Waals surface area contributed by atoms with E-state index in [0.717, 1.165) is 23.8 Å². The van der Waals surface area contributed by atoms with Crippen molar-refractivity contribution in [3.8, 4) is 0 Å². The van der Waals surface area contributed by atoms with Gasteiger partial charge in [0.25, 0.3) is 0 Å². The minimum absolute atomic E-state index is 0.839. The molecule has 3 aliphatic rings. The van der Waals surface area contributed by atoms with Crippen molar-refractivity contribution in [2.75, 3.05) is 26.2 Å². The molecule has 0 aromatic carbocycles. The fourth-order valence-electron chi connectivity index (χ4n) is 4.31. The van der Waals surface area contributed by atoms with Gasteiger partial charge in [-0.2, -0.15) is 0 Å². The number of nitrogens with zero attached hydrogens (tertiary/aromatic N) is 1. The summed E-state index contributed by atoms with van der Waals surface area (Å²) in [4.78, 5) is 2.64. The molecule has 3 fully saturated rings. The van der Waals surface area contributed by atoms with Crippen molar-refractivity contribution in [1.82, 2.24) is 10.2 Å². The Morgan fingerprint density at radius 2 is 1.78 bits per heavy atom. The van der Waals surface area contributed by atoms with Crippen LogP contribution in [-0.2, 0) is 0 Å². The van der Waals surface area contributed by atoms with E-state index in [2.05, 4.69) is 17.1 Å². The summed E-state index contributed by atoms with van der Waals surface area (Å²) < 4.78 is 0. The zero-order valence-corrected chi connectivity index (χ0v) is 12.0. The van der Waals surface area contributed by atoms with Crippen LogP contribution in [0.4, 0.5) is 0 Å². The van der Waals surface area contributed by atoms with Gasteiger partial charge in [0.2, 0.25) is 0 Å². The molecule has 1 saturated carbocycles. The minimum atomic E-state index is 0.839. The summed E-state index contributed by atoms with van der Waals surface area (Å²) in [6.45, 7) is 7.78. The van der Waals surface area contributed by atoms with E-state index in [4.69, 9.17) is 0 Å². The molecule has 2 heterocycles. The molecule has 2 aliphatic heterocycles. The van der Waals surface area contributed by atoms with Crippen LogP contribution in [0, 0.1) is 17.8 Å². The predicted molar refractivity (Wildman–Crippen MR) is 76.7 cm³/mol. The molecule has 3 atom stereocenters. The van der Waals surface area contributed by atoms with Gasteiger partial charge in [0.05, 0.1) is 0 Å². The molecule has 0 aromatic heterocycles. The molecule has 2 nitrogen and oxygen atoms in total. The second-order valence-corrected chi connectivity index (χ2v) is 7.11. The Balaban J connectivity index is 1.34. The Kier molecular flexibility index (Phi) is 4.25. The molecule has 2 bridgehead atoms. The van der Waals surface area contributed by atoms with Crippen molar-refractivity contribution >= 4 is 0 Å². The maximum absolute atomic E-state index is 3.88. The summed E-state index contributed by atoms with van der Waals surface area (Å²) in [7, 11) is 0. The lowest BCUT2D eigenvalue weighted by molar-refractivity contribution is 0.213. The standard InChI is InChI=1S/C16H30N2/c1-13-2-4-14(5-3-13)6-9-17-16-8-11-18-10-7-15(16)12-18/h13-17H,2-12H2,1H3. The van der Waals surface area contributed by atoms with E-state index in [9.17, 15) is 0 Å². The quantitative estimate of drug-likeness (QED) is 0.825. The Hall–Kier alpha value is -0.0800. The zero-order valence-electron chi connectivity index (χ0n) is 12.0. The summed E-state index contributed by atoms with van der Waals surface area (Å²) in [6, 6.07) is 0.839. The maximum Gasteiger partial charge on any atom is 0.0120 e. The molecule has 0 amide bonds. The lowest BCUT2D eigenvalue weighted by atomic mass is 9.81. The van der Waals surface area contributed by atoms with Gasteiger partial charge in [-0.05, 0) is 56.7 Å². The highest BCUT2D eigenvalue weighted by atomic mass is 15.2. The number of rotatable bonds is 4. The van der Waals surface area contributed by atoms with E-state index in [0.29, 0.717) is 0 Å². The van der Waals surface area contributed by atoms with Crippen LogP contribution in [0.1, 0.15) is 51.9 Å². The van der Waals surface area contributed by atoms with Gasteiger partial charge in [-0.15, -0.1) is 0 Å². The van der Waals surface area contributed by atoms with Crippen LogP contribution in [0.25, 0.3) is 0 Å². The fraction of sp³-hybridized carbons (Fsp3) is 1.00. The molecule has 0 spiro atoms. The number of hydrogen-bond acceptors (Lipinski definition) is 2.